The minimum atomic E-state index is -0.674. The number of hydrogen-bond donors (Lipinski definition) is 4. The number of thiophene rings is 2. The molecule has 0 saturated carbocycles. The van der Waals surface area contributed by atoms with Crippen molar-refractivity contribution < 1.29 is 23.9 Å². The van der Waals surface area contributed by atoms with Crippen molar-refractivity contribution in [3.63, 3.8) is 0 Å². The summed E-state index contributed by atoms with van der Waals surface area (Å²) in [6.07, 6.45) is 11.8. The van der Waals surface area contributed by atoms with Gasteiger partial charge in [-0.2, -0.15) is 0 Å². The lowest BCUT2D eigenvalue weighted by atomic mass is 10.1. The average Bonchev–Trinajstić information content (AvgIpc) is 4.03. The maximum absolute atomic E-state index is 12.5. The Morgan fingerprint density at radius 3 is 2.07 bits per heavy atom. The fourth-order valence-corrected chi connectivity index (χ4v) is 7.61. The van der Waals surface area contributed by atoms with Crippen LogP contribution in [0.5, 0.6) is 0 Å². The molecule has 2 saturated heterocycles. The van der Waals surface area contributed by atoms with E-state index in [1.807, 2.05) is 36.5 Å². The Bertz CT molecular complexity index is 1920. The largest absolute Gasteiger partial charge is 0.453 e. The van der Waals surface area contributed by atoms with Gasteiger partial charge in [-0.25, -0.2) is 14.8 Å². The quantitative estimate of drug-likeness (QED) is 0.146. The number of carbonyl (C=O) groups excluding carboxylic acids is 4. The predicted molar refractivity (Wildman–Crippen MR) is 213 cm³/mol. The first kappa shape index (κ1) is 41.3. The van der Waals surface area contributed by atoms with Crippen LogP contribution in [0.15, 0.2) is 67.5 Å². The van der Waals surface area contributed by atoms with E-state index >= 15 is 0 Å². The van der Waals surface area contributed by atoms with Crippen LogP contribution in [0.1, 0.15) is 75.1 Å². The fraction of sp³-hybridized carbons (Fsp3) is 0.385. The molecule has 286 valence electrons. The van der Waals surface area contributed by atoms with Crippen LogP contribution in [0.2, 0.25) is 0 Å². The van der Waals surface area contributed by atoms with Gasteiger partial charge in [0.05, 0.1) is 54.2 Å². The molecule has 6 heterocycles. The molecular weight excluding hydrogens is 725 g/mol. The Balaban J connectivity index is 0.000000179. The molecule has 2 aliphatic rings. The number of likely N-dealkylation sites (tertiary alicyclic amines) is 2. The van der Waals surface area contributed by atoms with E-state index in [0.29, 0.717) is 0 Å². The molecule has 0 bridgehead atoms. The number of amides is 4. The van der Waals surface area contributed by atoms with Crippen molar-refractivity contribution in [1.29, 1.82) is 0 Å². The number of hydrogen-bond acceptors (Lipinski definition) is 9. The number of ether oxygens (including phenoxy) is 1. The van der Waals surface area contributed by atoms with Crippen LogP contribution in [0.4, 0.5) is 4.79 Å². The second-order valence-electron chi connectivity index (χ2n) is 12.3. The van der Waals surface area contributed by atoms with Crippen molar-refractivity contribution in [3.8, 4) is 22.4 Å². The molecule has 54 heavy (non-hydrogen) atoms. The Morgan fingerprint density at radius 2 is 1.50 bits per heavy atom. The Kier molecular flexibility index (Phi) is 16.8. The van der Waals surface area contributed by atoms with Gasteiger partial charge >= 0.3 is 6.09 Å². The summed E-state index contributed by atoms with van der Waals surface area (Å²) in [7, 11) is 1.29. The van der Waals surface area contributed by atoms with Crippen LogP contribution in [-0.4, -0.2) is 93.4 Å². The summed E-state index contributed by atoms with van der Waals surface area (Å²) in [5.74, 6) is 6.03. The van der Waals surface area contributed by atoms with Gasteiger partial charge in [0.1, 0.15) is 11.7 Å². The monoisotopic (exact) mass is 772 g/mol. The van der Waals surface area contributed by atoms with Crippen LogP contribution in [0, 0.1) is 11.8 Å². The van der Waals surface area contributed by atoms with Crippen LogP contribution < -0.4 is 10.6 Å². The number of aromatic amines is 2. The number of H-pyrrole nitrogens is 2. The highest BCUT2D eigenvalue weighted by molar-refractivity contribution is 7.29. The molecule has 1 aromatic carbocycles. The summed E-state index contributed by atoms with van der Waals surface area (Å²) >= 11 is 3.46. The molecule has 13 nitrogen and oxygen atoms in total. The molecule has 4 aromatic heterocycles. The van der Waals surface area contributed by atoms with Gasteiger partial charge < -0.3 is 35.1 Å². The van der Waals surface area contributed by atoms with Crippen molar-refractivity contribution in [2.45, 2.75) is 58.9 Å². The number of nitrogens with one attached hydrogen (secondary N) is 4. The number of benzene rings is 1. The van der Waals surface area contributed by atoms with E-state index in [2.05, 4.69) is 73.1 Å². The standard InChI is InChI=1S/C14H8N4S2.C14H18N2O3.C8H14N2O2.C3H8/c1(9-5-15-7-17-9)2-10-3-13-14(19-10)4-12(20-13)11-6-16-8-18-11;1-19-14(18)15-12(11-7-3-2-4-8-11)13(17)16-9-5-6-10-16;1-7(11)9-6-8(12)10-4-2-3-5-10;1-3-2/h3-8H,(H,15,17)(H,16,18);2-4,7-8,12H,5-6,9-10H2,1H3,(H,15,18);2-6H2,1H3,(H,9,11);3H2,1-2H3. The summed E-state index contributed by atoms with van der Waals surface area (Å²) in [6, 6.07) is 12.9. The summed E-state index contributed by atoms with van der Waals surface area (Å²) in [5.41, 5.74) is 2.66. The second-order valence-corrected chi connectivity index (χ2v) is 14.5. The minimum absolute atomic E-state index is 0.0303. The number of imidazole rings is 2. The molecule has 1 unspecified atom stereocenters. The van der Waals surface area contributed by atoms with E-state index in [4.69, 9.17) is 0 Å². The van der Waals surface area contributed by atoms with Crippen LogP contribution in [0.3, 0.4) is 0 Å². The van der Waals surface area contributed by atoms with Gasteiger partial charge in [0.15, 0.2) is 0 Å². The summed E-state index contributed by atoms with van der Waals surface area (Å²) in [6.45, 7) is 9.01. The van der Waals surface area contributed by atoms with Gasteiger partial charge in [0.2, 0.25) is 17.7 Å². The topological polar surface area (TPSA) is 165 Å². The summed E-state index contributed by atoms with van der Waals surface area (Å²) in [5, 5.41) is 5.10. The molecule has 5 aromatic rings. The number of aromatic nitrogens is 4. The first-order valence-corrected chi connectivity index (χ1v) is 19.6. The molecule has 4 amide bonds. The van der Waals surface area contributed by atoms with Crippen LogP contribution in [0.25, 0.3) is 20.0 Å². The molecule has 2 fully saturated rings. The highest BCUT2D eigenvalue weighted by atomic mass is 32.1. The molecule has 0 spiro atoms. The van der Waals surface area contributed by atoms with E-state index in [-0.39, 0.29) is 24.3 Å². The van der Waals surface area contributed by atoms with Gasteiger partial charge in [0, 0.05) is 42.5 Å². The molecule has 7 rings (SSSR count). The number of fused-ring (bicyclic) bond motifs is 1. The third kappa shape index (κ3) is 12.9. The van der Waals surface area contributed by atoms with Gasteiger partial charge in [-0.3, -0.25) is 14.4 Å². The number of rotatable bonds is 6. The van der Waals surface area contributed by atoms with Gasteiger partial charge in [-0.05, 0) is 55.2 Å². The zero-order valence-electron chi connectivity index (χ0n) is 31.1. The summed E-state index contributed by atoms with van der Waals surface area (Å²) < 4.78 is 7.11. The average molecular weight is 773 g/mol. The second kappa shape index (κ2) is 21.9. The predicted octanol–water partition coefficient (Wildman–Crippen LogP) is 6.34. The Labute approximate surface area is 323 Å². The lowest BCUT2D eigenvalue weighted by molar-refractivity contribution is -0.132. The highest BCUT2D eigenvalue weighted by Crippen LogP contribution is 2.37. The lowest BCUT2D eigenvalue weighted by Gasteiger charge is -2.23. The van der Waals surface area contributed by atoms with Crippen LogP contribution >= 0.6 is 22.7 Å². The van der Waals surface area contributed by atoms with Gasteiger partial charge in [-0.15, -0.1) is 22.7 Å². The van der Waals surface area contributed by atoms with Gasteiger partial charge in [0.25, 0.3) is 0 Å². The van der Waals surface area contributed by atoms with E-state index in [9.17, 15) is 19.2 Å². The Morgan fingerprint density at radius 1 is 0.870 bits per heavy atom. The summed E-state index contributed by atoms with van der Waals surface area (Å²) in [4.78, 5) is 65.5. The number of methoxy groups -OCH3 is 1. The van der Waals surface area contributed by atoms with E-state index < -0.39 is 12.1 Å². The lowest BCUT2D eigenvalue weighted by Crippen LogP contribution is -2.41. The molecule has 0 radical (unpaired) electrons. The minimum Gasteiger partial charge on any atom is -0.453 e. The first-order chi connectivity index (χ1) is 26.2. The molecule has 0 aliphatic carbocycles. The molecule has 15 heteroatoms. The van der Waals surface area contributed by atoms with E-state index in [0.717, 1.165) is 73.7 Å². The van der Waals surface area contributed by atoms with Crippen molar-refractivity contribution in [2.24, 2.45) is 0 Å². The first-order valence-electron chi connectivity index (χ1n) is 17.9. The molecule has 4 N–H and O–H groups in total. The van der Waals surface area contributed by atoms with Crippen molar-refractivity contribution in [2.75, 3.05) is 39.8 Å². The van der Waals surface area contributed by atoms with Crippen molar-refractivity contribution in [3.05, 3.63) is 83.6 Å². The van der Waals surface area contributed by atoms with Gasteiger partial charge in [-0.1, -0.05) is 50.6 Å². The molecule has 1 atom stereocenters. The normalized spacial score (nSPS) is 13.5. The zero-order valence-corrected chi connectivity index (χ0v) is 32.8. The molecule has 2 aliphatic heterocycles. The SMILES string of the molecule is C(#Cc1cc2sc(-c3cnc[nH]3)cc2s1)c1cnc[nH]1.CC(=O)NCC(=O)N1CCCC1.CCC.COC(=O)NC(C(=O)N1CCCC1)c1ccccc1. The molecular formula is C39H48N8O5S2. The van der Waals surface area contributed by atoms with E-state index in [1.54, 1.807) is 51.3 Å². The number of alkyl carbamates (subject to hydrolysis) is 1. The Hall–Kier alpha value is -5.46. The van der Waals surface area contributed by atoms with E-state index in [1.165, 1.54) is 34.7 Å². The third-order valence-electron chi connectivity index (χ3n) is 7.98. The fourth-order valence-electron chi connectivity index (χ4n) is 5.38. The van der Waals surface area contributed by atoms with Crippen molar-refractivity contribution >= 4 is 55.9 Å². The number of nitrogens with zero attached hydrogens (tertiary/aromatic N) is 4. The third-order valence-corrected chi connectivity index (χ3v) is 10.2. The maximum Gasteiger partial charge on any atom is 0.407 e. The zero-order chi connectivity index (χ0) is 38.7. The highest BCUT2D eigenvalue weighted by Gasteiger charge is 2.29. The maximum atomic E-state index is 12.5. The number of carbonyl (C=O) groups is 4. The smallest absolute Gasteiger partial charge is 0.407 e. The van der Waals surface area contributed by atoms with Crippen LogP contribution in [-0.2, 0) is 19.1 Å². The van der Waals surface area contributed by atoms with Crippen molar-refractivity contribution in [1.82, 2.24) is 40.4 Å².